The van der Waals surface area contributed by atoms with Gasteiger partial charge in [-0.1, -0.05) is 23.7 Å². The third kappa shape index (κ3) is 7.49. The molecule has 2 aromatic carbocycles. The van der Waals surface area contributed by atoms with Crippen LogP contribution in [0.2, 0.25) is 5.02 Å². The van der Waals surface area contributed by atoms with E-state index in [1.54, 1.807) is 48.5 Å². The standard InChI is InChI=1S/C28H35ClN10O3/c29-22-3-1-2-4-23(22)34-25(42)11-24(41)16-5-7-20(8-6-16)33-26-35-27(38-12-17(30)9-18(31)13-38)37-28(36-26)39-14-19(32)10-21(40)15-39/h1-8,17-19,21,40H,9-15,30-32H2,(H,34,42)(H,33,35,36,37)/t17-,18+,19-,21+/m0/s1. The first-order valence-corrected chi connectivity index (χ1v) is 14.2. The number of aliphatic hydroxyl groups is 1. The molecular formula is C28H35ClN10O3. The number of aromatic nitrogens is 3. The molecule has 42 heavy (non-hydrogen) atoms. The number of hydrogen-bond acceptors (Lipinski definition) is 12. The van der Waals surface area contributed by atoms with Gasteiger partial charge in [-0.05, 0) is 49.2 Å². The minimum absolute atomic E-state index is 0.118. The van der Waals surface area contributed by atoms with Gasteiger partial charge < -0.3 is 42.7 Å². The number of hydrogen-bond donors (Lipinski definition) is 6. The second-order valence-corrected chi connectivity index (χ2v) is 11.2. The number of ketones is 1. The lowest BCUT2D eigenvalue weighted by Gasteiger charge is -2.36. The van der Waals surface area contributed by atoms with Crippen molar-refractivity contribution in [2.24, 2.45) is 17.2 Å². The maximum atomic E-state index is 12.7. The molecule has 0 aliphatic carbocycles. The highest BCUT2D eigenvalue weighted by molar-refractivity contribution is 6.33. The number of nitrogens with one attached hydrogen (secondary N) is 2. The largest absolute Gasteiger partial charge is 0.391 e. The van der Waals surface area contributed by atoms with Crippen molar-refractivity contribution < 1.29 is 14.7 Å². The number of amides is 1. The molecule has 0 radical (unpaired) electrons. The van der Waals surface area contributed by atoms with Crippen molar-refractivity contribution in [1.29, 1.82) is 0 Å². The van der Waals surface area contributed by atoms with Gasteiger partial charge in [-0.3, -0.25) is 9.59 Å². The molecule has 1 aromatic heterocycles. The molecule has 1 amide bonds. The molecule has 14 heteroatoms. The summed E-state index contributed by atoms with van der Waals surface area (Å²) >= 11 is 6.09. The van der Waals surface area contributed by atoms with Crippen LogP contribution in [-0.4, -0.2) is 82.2 Å². The molecule has 0 unspecified atom stereocenters. The molecule has 3 aromatic rings. The van der Waals surface area contributed by atoms with Gasteiger partial charge in [0.25, 0.3) is 0 Å². The van der Waals surface area contributed by atoms with Gasteiger partial charge in [-0.25, -0.2) is 0 Å². The molecule has 2 fully saturated rings. The maximum absolute atomic E-state index is 12.7. The summed E-state index contributed by atoms with van der Waals surface area (Å²) in [5, 5.41) is 16.5. The fourth-order valence-corrected chi connectivity index (χ4v) is 5.36. The summed E-state index contributed by atoms with van der Waals surface area (Å²) in [7, 11) is 0. The minimum atomic E-state index is -0.598. The van der Waals surface area contributed by atoms with Crippen LogP contribution >= 0.6 is 11.6 Å². The molecule has 2 aliphatic heterocycles. The van der Waals surface area contributed by atoms with Crippen molar-refractivity contribution in [1.82, 2.24) is 15.0 Å². The first-order valence-electron chi connectivity index (χ1n) is 13.8. The van der Waals surface area contributed by atoms with Crippen LogP contribution in [-0.2, 0) is 4.79 Å². The van der Waals surface area contributed by atoms with Crippen molar-refractivity contribution >= 4 is 52.5 Å². The number of Topliss-reactive ketones (excluding diaryl/α,β-unsaturated/α-hetero) is 1. The van der Waals surface area contributed by atoms with E-state index in [2.05, 4.69) is 25.6 Å². The molecule has 222 valence electrons. The number of aliphatic hydroxyl groups excluding tert-OH is 1. The third-order valence-electron chi connectivity index (χ3n) is 7.09. The molecule has 3 heterocycles. The Hall–Kier alpha value is -3.88. The average Bonchev–Trinajstić information content (AvgIpc) is 2.93. The molecule has 0 spiro atoms. The average molecular weight is 595 g/mol. The van der Waals surface area contributed by atoms with E-state index in [1.807, 2.05) is 9.80 Å². The second-order valence-electron chi connectivity index (χ2n) is 10.8. The number of carbonyl (C=O) groups is 2. The number of carbonyl (C=O) groups excluding carboxylic acids is 2. The highest BCUT2D eigenvalue weighted by Gasteiger charge is 2.29. The van der Waals surface area contributed by atoms with Crippen LogP contribution in [0.5, 0.6) is 0 Å². The van der Waals surface area contributed by atoms with Gasteiger partial charge in [0.1, 0.15) is 0 Å². The zero-order chi connectivity index (χ0) is 29.8. The molecule has 2 aliphatic rings. The van der Waals surface area contributed by atoms with Crippen LogP contribution in [0.25, 0.3) is 0 Å². The van der Waals surface area contributed by atoms with Crippen molar-refractivity contribution in [3.63, 3.8) is 0 Å². The summed E-state index contributed by atoms with van der Waals surface area (Å²) in [5.74, 6) is 0.266. The third-order valence-corrected chi connectivity index (χ3v) is 7.42. The molecule has 0 bridgehead atoms. The Bertz CT molecular complexity index is 1360. The number of nitrogens with two attached hydrogens (primary N) is 3. The fourth-order valence-electron chi connectivity index (χ4n) is 5.18. The van der Waals surface area contributed by atoms with Crippen LogP contribution in [0.3, 0.4) is 0 Å². The van der Waals surface area contributed by atoms with E-state index in [4.69, 9.17) is 28.8 Å². The number of β-amino-alcohol motifs (C(OH)–C–C–N with tert-alkyl or cyclic N) is 1. The van der Waals surface area contributed by atoms with E-state index in [-0.39, 0.29) is 36.3 Å². The molecule has 9 N–H and O–H groups in total. The van der Waals surface area contributed by atoms with Crippen molar-refractivity contribution in [3.05, 3.63) is 59.1 Å². The smallest absolute Gasteiger partial charge is 0.233 e. The van der Waals surface area contributed by atoms with E-state index in [9.17, 15) is 14.7 Å². The zero-order valence-electron chi connectivity index (χ0n) is 23.0. The number of benzene rings is 2. The monoisotopic (exact) mass is 594 g/mol. The van der Waals surface area contributed by atoms with Gasteiger partial charge in [0, 0.05) is 55.6 Å². The Labute approximate surface area is 248 Å². The van der Waals surface area contributed by atoms with Gasteiger partial charge >= 0.3 is 0 Å². The van der Waals surface area contributed by atoms with Gasteiger partial charge in [-0.15, -0.1) is 0 Å². The van der Waals surface area contributed by atoms with Crippen LogP contribution < -0.4 is 37.6 Å². The van der Waals surface area contributed by atoms with E-state index in [0.29, 0.717) is 72.9 Å². The molecule has 0 saturated carbocycles. The molecule has 2 saturated heterocycles. The summed E-state index contributed by atoms with van der Waals surface area (Å²) in [4.78, 5) is 42.8. The summed E-state index contributed by atoms with van der Waals surface area (Å²) in [6.45, 7) is 1.91. The van der Waals surface area contributed by atoms with Crippen LogP contribution in [0.15, 0.2) is 48.5 Å². The Morgan fingerprint density at radius 2 is 1.45 bits per heavy atom. The van der Waals surface area contributed by atoms with Gasteiger partial charge in [0.05, 0.1) is 23.2 Å². The minimum Gasteiger partial charge on any atom is -0.391 e. The maximum Gasteiger partial charge on any atom is 0.233 e. The number of rotatable bonds is 8. The summed E-state index contributed by atoms with van der Waals surface area (Å²) in [6.07, 6.45) is 0.281. The lowest BCUT2D eigenvalue weighted by atomic mass is 10.0. The fraction of sp³-hybridized carbons (Fsp3) is 0.393. The first kappa shape index (κ1) is 29.6. The van der Waals surface area contributed by atoms with Crippen molar-refractivity contribution in [2.75, 3.05) is 46.6 Å². The second kappa shape index (κ2) is 13.0. The molecule has 4 atom stereocenters. The topological polar surface area (TPSA) is 202 Å². The van der Waals surface area contributed by atoms with E-state index in [0.717, 1.165) is 0 Å². The lowest BCUT2D eigenvalue weighted by molar-refractivity contribution is -0.115. The van der Waals surface area contributed by atoms with Crippen molar-refractivity contribution in [2.45, 2.75) is 43.5 Å². The van der Waals surface area contributed by atoms with Crippen LogP contribution in [0.4, 0.5) is 29.2 Å². The highest BCUT2D eigenvalue weighted by atomic mass is 35.5. The first-order chi connectivity index (χ1) is 20.1. The van der Waals surface area contributed by atoms with E-state index < -0.39 is 12.0 Å². The SMILES string of the molecule is N[C@@H]1C[C@H](N)CN(c2nc(Nc3ccc(C(=O)CC(=O)Nc4ccccc4Cl)cc3)nc(N3C[C@@H](N)C[C@@H](O)C3)n2)C1. The van der Waals surface area contributed by atoms with E-state index >= 15 is 0 Å². The Kier molecular flexibility index (Phi) is 9.14. The molecular weight excluding hydrogens is 560 g/mol. The Balaban J connectivity index is 1.31. The number of para-hydroxylation sites is 1. The van der Waals surface area contributed by atoms with E-state index in [1.165, 1.54) is 0 Å². The van der Waals surface area contributed by atoms with Gasteiger partial charge in [0.2, 0.25) is 23.8 Å². The molecule has 5 rings (SSSR count). The van der Waals surface area contributed by atoms with Gasteiger partial charge in [0.15, 0.2) is 5.78 Å². The zero-order valence-corrected chi connectivity index (χ0v) is 23.7. The number of halogens is 1. The summed E-state index contributed by atoms with van der Waals surface area (Å²) in [5.41, 5.74) is 20.0. The van der Waals surface area contributed by atoms with Crippen LogP contribution in [0, 0.1) is 0 Å². The Morgan fingerprint density at radius 3 is 2.07 bits per heavy atom. The normalized spacial score (nSPS) is 22.5. The number of nitrogens with zero attached hydrogens (tertiary/aromatic N) is 5. The predicted molar refractivity (Wildman–Crippen MR) is 162 cm³/mol. The number of piperidine rings is 2. The quantitative estimate of drug-likeness (QED) is 0.161. The van der Waals surface area contributed by atoms with Crippen molar-refractivity contribution in [3.8, 4) is 0 Å². The lowest BCUT2D eigenvalue weighted by Crippen LogP contribution is -2.53. The number of anilines is 5. The van der Waals surface area contributed by atoms with Gasteiger partial charge in [-0.2, -0.15) is 15.0 Å². The summed E-state index contributed by atoms with van der Waals surface area (Å²) < 4.78 is 0. The highest BCUT2D eigenvalue weighted by Crippen LogP contribution is 2.25. The summed E-state index contributed by atoms with van der Waals surface area (Å²) in [6, 6.07) is 13.0. The molecule has 13 nitrogen and oxygen atoms in total. The Morgan fingerprint density at radius 1 is 0.857 bits per heavy atom. The predicted octanol–water partition coefficient (Wildman–Crippen LogP) is 1.24. The van der Waals surface area contributed by atoms with Crippen LogP contribution in [0.1, 0.15) is 29.6 Å².